The second kappa shape index (κ2) is 5.71. The molecular formula is C13H9BrINO2. The van der Waals surface area contributed by atoms with Gasteiger partial charge >= 0.3 is 0 Å². The monoisotopic (exact) mass is 417 g/mol. The first kappa shape index (κ1) is 13.4. The lowest BCUT2D eigenvalue weighted by molar-refractivity contribution is 0.0997. The Balaban J connectivity index is 2.44. The lowest BCUT2D eigenvalue weighted by atomic mass is 10.2. The van der Waals surface area contributed by atoms with E-state index < -0.39 is 5.91 Å². The molecule has 0 aliphatic heterocycles. The Hall–Kier alpha value is -1.08. The highest BCUT2D eigenvalue weighted by Gasteiger charge is 2.14. The third-order valence-corrected chi connectivity index (χ3v) is 3.83. The second-order valence-electron chi connectivity index (χ2n) is 3.51. The van der Waals surface area contributed by atoms with Crippen molar-refractivity contribution in [1.29, 1.82) is 0 Å². The van der Waals surface area contributed by atoms with Gasteiger partial charge in [0.1, 0.15) is 11.5 Å². The normalized spacial score (nSPS) is 10.1. The number of rotatable bonds is 3. The standard InChI is InChI=1S/C13H9BrINO2/c14-8-4-3-7-11(12(8)13(16)17)18-10-6-2-1-5-9(10)15/h1-7H,(H2,16,17). The molecule has 0 spiro atoms. The number of hydrogen-bond acceptors (Lipinski definition) is 2. The summed E-state index contributed by atoms with van der Waals surface area (Å²) >= 11 is 5.47. The third kappa shape index (κ3) is 2.84. The van der Waals surface area contributed by atoms with Gasteiger partial charge in [0.25, 0.3) is 5.91 Å². The molecule has 0 fully saturated rings. The molecule has 0 aromatic heterocycles. The van der Waals surface area contributed by atoms with E-state index in [-0.39, 0.29) is 0 Å². The average molecular weight is 418 g/mol. The molecule has 0 saturated carbocycles. The SMILES string of the molecule is NC(=O)c1c(Br)cccc1Oc1ccccc1I. The second-order valence-corrected chi connectivity index (χ2v) is 5.53. The summed E-state index contributed by atoms with van der Waals surface area (Å²) < 4.78 is 7.33. The highest BCUT2D eigenvalue weighted by molar-refractivity contribution is 14.1. The van der Waals surface area contributed by atoms with Crippen molar-refractivity contribution in [3.63, 3.8) is 0 Å². The number of carbonyl (C=O) groups excluding carboxylic acids is 1. The molecule has 0 radical (unpaired) electrons. The van der Waals surface area contributed by atoms with E-state index >= 15 is 0 Å². The predicted octanol–water partition coefficient (Wildman–Crippen LogP) is 3.94. The number of primary amides is 1. The van der Waals surface area contributed by atoms with E-state index in [9.17, 15) is 4.79 Å². The Kier molecular flexibility index (Phi) is 4.23. The Morgan fingerprint density at radius 3 is 2.44 bits per heavy atom. The van der Waals surface area contributed by atoms with Crippen LogP contribution in [0.15, 0.2) is 46.9 Å². The van der Waals surface area contributed by atoms with Crippen LogP contribution in [0.3, 0.4) is 0 Å². The van der Waals surface area contributed by atoms with Crippen molar-refractivity contribution in [2.75, 3.05) is 0 Å². The zero-order valence-corrected chi connectivity index (χ0v) is 12.9. The van der Waals surface area contributed by atoms with Crippen molar-refractivity contribution in [3.8, 4) is 11.5 Å². The van der Waals surface area contributed by atoms with Gasteiger partial charge in [0, 0.05) is 4.47 Å². The molecule has 92 valence electrons. The summed E-state index contributed by atoms with van der Waals surface area (Å²) in [5.41, 5.74) is 5.70. The van der Waals surface area contributed by atoms with Crippen molar-refractivity contribution in [2.24, 2.45) is 5.73 Å². The van der Waals surface area contributed by atoms with Crippen LogP contribution in [0.4, 0.5) is 0 Å². The highest BCUT2D eigenvalue weighted by atomic mass is 127. The zero-order chi connectivity index (χ0) is 13.1. The molecule has 1 amide bonds. The van der Waals surface area contributed by atoms with Gasteiger partial charge in [-0.15, -0.1) is 0 Å². The van der Waals surface area contributed by atoms with E-state index in [1.54, 1.807) is 18.2 Å². The largest absolute Gasteiger partial charge is 0.455 e. The van der Waals surface area contributed by atoms with Crippen LogP contribution in [-0.4, -0.2) is 5.91 Å². The van der Waals surface area contributed by atoms with Gasteiger partial charge in [-0.25, -0.2) is 0 Å². The molecule has 0 unspecified atom stereocenters. The number of ether oxygens (including phenoxy) is 1. The van der Waals surface area contributed by atoms with Crippen LogP contribution in [-0.2, 0) is 0 Å². The average Bonchev–Trinajstić information content (AvgIpc) is 2.31. The maximum absolute atomic E-state index is 11.4. The molecule has 0 aliphatic carbocycles. The Bertz CT molecular complexity index is 601. The molecule has 0 saturated heterocycles. The van der Waals surface area contributed by atoms with E-state index in [2.05, 4.69) is 38.5 Å². The van der Waals surface area contributed by atoms with Crippen LogP contribution in [0.1, 0.15) is 10.4 Å². The molecule has 2 N–H and O–H groups in total. The number of hydrogen-bond donors (Lipinski definition) is 1. The maximum atomic E-state index is 11.4. The van der Waals surface area contributed by atoms with E-state index in [1.165, 1.54) is 0 Å². The number of halogens is 2. The Morgan fingerprint density at radius 2 is 1.78 bits per heavy atom. The number of carbonyl (C=O) groups is 1. The Labute approximate surface area is 127 Å². The van der Waals surface area contributed by atoms with Crippen LogP contribution in [0.5, 0.6) is 11.5 Å². The summed E-state index contributed by atoms with van der Waals surface area (Å²) in [6.07, 6.45) is 0. The smallest absolute Gasteiger partial charge is 0.253 e. The minimum Gasteiger partial charge on any atom is -0.455 e. The van der Waals surface area contributed by atoms with Crippen LogP contribution >= 0.6 is 38.5 Å². The fourth-order valence-electron chi connectivity index (χ4n) is 1.47. The number of benzene rings is 2. The van der Waals surface area contributed by atoms with Gasteiger partial charge in [-0.1, -0.05) is 18.2 Å². The third-order valence-electron chi connectivity index (χ3n) is 2.28. The van der Waals surface area contributed by atoms with Crippen LogP contribution in [0.25, 0.3) is 0 Å². The molecule has 0 bridgehead atoms. The van der Waals surface area contributed by atoms with Gasteiger partial charge in [0.2, 0.25) is 0 Å². The first-order valence-corrected chi connectivity index (χ1v) is 6.97. The highest BCUT2D eigenvalue weighted by Crippen LogP contribution is 2.32. The van der Waals surface area contributed by atoms with Crippen molar-refractivity contribution in [1.82, 2.24) is 0 Å². The van der Waals surface area contributed by atoms with Gasteiger partial charge in [-0.2, -0.15) is 0 Å². The fraction of sp³-hybridized carbons (Fsp3) is 0. The number of amides is 1. The van der Waals surface area contributed by atoms with Crippen molar-refractivity contribution < 1.29 is 9.53 Å². The minimum atomic E-state index is -0.525. The van der Waals surface area contributed by atoms with E-state index in [4.69, 9.17) is 10.5 Å². The van der Waals surface area contributed by atoms with Crippen molar-refractivity contribution in [3.05, 3.63) is 56.1 Å². The molecule has 3 nitrogen and oxygen atoms in total. The number of nitrogens with two attached hydrogens (primary N) is 1. The topological polar surface area (TPSA) is 52.3 Å². The number of para-hydroxylation sites is 1. The van der Waals surface area contributed by atoms with Gasteiger partial charge in [-0.3, -0.25) is 4.79 Å². The first-order valence-electron chi connectivity index (χ1n) is 5.10. The lowest BCUT2D eigenvalue weighted by Crippen LogP contribution is -2.13. The van der Waals surface area contributed by atoms with Crippen LogP contribution in [0.2, 0.25) is 0 Å². The summed E-state index contributed by atoms with van der Waals surface area (Å²) in [6, 6.07) is 12.8. The van der Waals surface area contributed by atoms with Crippen LogP contribution in [0, 0.1) is 3.57 Å². The zero-order valence-electron chi connectivity index (χ0n) is 9.19. The summed E-state index contributed by atoms with van der Waals surface area (Å²) in [5, 5.41) is 0. The fourth-order valence-corrected chi connectivity index (χ4v) is 2.52. The quantitative estimate of drug-likeness (QED) is 0.769. The van der Waals surface area contributed by atoms with E-state index in [1.807, 2.05) is 24.3 Å². The molecule has 18 heavy (non-hydrogen) atoms. The lowest BCUT2D eigenvalue weighted by Gasteiger charge is -2.11. The molecule has 2 aromatic carbocycles. The predicted molar refractivity (Wildman–Crippen MR) is 81.9 cm³/mol. The van der Waals surface area contributed by atoms with E-state index in [0.29, 0.717) is 21.5 Å². The van der Waals surface area contributed by atoms with Gasteiger partial charge in [-0.05, 0) is 62.8 Å². The Morgan fingerprint density at radius 1 is 1.11 bits per heavy atom. The molecule has 0 heterocycles. The van der Waals surface area contributed by atoms with Gasteiger partial charge < -0.3 is 10.5 Å². The van der Waals surface area contributed by atoms with E-state index in [0.717, 1.165) is 3.57 Å². The summed E-state index contributed by atoms with van der Waals surface area (Å²) in [6.45, 7) is 0. The summed E-state index contributed by atoms with van der Waals surface area (Å²) in [4.78, 5) is 11.4. The molecule has 2 aromatic rings. The van der Waals surface area contributed by atoms with Crippen LogP contribution < -0.4 is 10.5 Å². The van der Waals surface area contributed by atoms with Crippen molar-refractivity contribution >= 4 is 44.4 Å². The summed E-state index contributed by atoms with van der Waals surface area (Å²) in [5.74, 6) is 0.614. The van der Waals surface area contributed by atoms with Gasteiger partial charge in [0.05, 0.1) is 9.13 Å². The molecule has 0 aliphatic rings. The maximum Gasteiger partial charge on any atom is 0.253 e. The van der Waals surface area contributed by atoms with Crippen molar-refractivity contribution in [2.45, 2.75) is 0 Å². The minimum absolute atomic E-state index is 0.345. The first-order chi connectivity index (χ1) is 8.59. The van der Waals surface area contributed by atoms with Gasteiger partial charge in [0.15, 0.2) is 0 Å². The molecular weight excluding hydrogens is 409 g/mol. The molecule has 0 atom stereocenters. The summed E-state index contributed by atoms with van der Waals surface area (Å²) in [7, 11) is 0. The molecule has 5 heteroatoms. The molecule has 2 rings (SSSR count).